The molecule has 0 N–H and O–H groups in total. The summed E-state index contributed by atoms with van der Waals surface area (Å²) in [5.74, 6) is 0.445. The molecule has 2 aromatic rings. The van der Waals surface area contributed by atoms with E-state index in [1.807, 2.05) is 0 Å². The van der Waals surface area contributed by atoms with Crippen LogP contribution in [0.1, 0.15) is 10.4 Å². The normalized spacial score (nSPS) is 17.1. The maximum absolute atomic E-state index is 13.0. The Bertz CT molecular complexity index is 970. The highest BCUT2D eigenvalue weighted by Gasteiger charge is 2.31. The first-order chi connectivity index (χ1) is 12.9. The molecule has 0 bridgehead atoms. The molecule has 0 aliphatic carbocycles. The van der Waals surface area contributed by atoms with E-state index in [0.717, 1.165) is 12.1 Å². The van der Waals surface area contributed by atoms with Crippen LogP contribution in [0.4, 0.5) is 4.39 Å². The van der Waals surface area contributed by atoms with Crippen LogP contribution in [0.3, 0.4) is 0 Å². The van der Waals surface area contributed by atoms with E-state index >= 15 is 0 Å². The van der Waals surface area contributed by atoms with Crippen LogP contribution >= 0.6 is 0 Å². The van der Waals surface area contributed by atoms with Crippen molar-refractivity contribution in [3.63, 3.8) is 0 Å². The van der Waals surface area contributed by atoms with Gasteiger partial charge < -0.3 is 14.4 Å². The summed E-state index contributed by atoms with van der Waals surface area (Å²) in [6.45, 7) is 1.03. The van der Waals surface area contributed by atoms with Gasteiger partial charge in [-0.15, -0.1) is 0 Å². The van der Waals surface area contributed by atoms with Gasteiger partial charge in [-0.3, -0.25) is 4.79 Å². The van der Waals surface area contributed by atoms with Crippen molar-refractivity contribution < 1.29 is 27.1 Å². The molecule has 0 radical (unpaired) electrons. The Balaban J connectivity index is 1.44. The second-order valence-electron chi connectivity index (χ2n) is 6.22. The Morgan fingerprint density at radius 3 is 2.30 bits per heavy atom. The number of amides is 1. The van der Waals surface area contributed by atoms with Crippen LogP contribution in [0.5, 0.6) is 11.5 Å². The van der Waals surface area contributed by atoms with Crippen LogP contribution < -0.4 is 9.47 Å². The molecule has 0 unspecified atom stereocenters. The Morgan fingerprint density at radius 1 is 0.926 bits per heavy atom. The second kappa shape index (κ2) is 6.82. The molecule has 2 aliphatic heterocycles. The topological polar surface area (TPSA) is 76.2 Å². The van der Waals surface area contributed by atoms with Crippen LogP contribution in [0.25, 0.3) is 0 Å². The van der Waals surface area contributed by atoms with Gasteiger partial charge in [0.25, 0.3) is 5.91 Å². The van der Waals surface area contributed by atoms with Gasteiger partial charge in [0, 0.05) is 31.7 Å². The number of piperazine rings is 1. The molecule has 1 fully saturated rings. The highest BCUT2D eigenvalue weighted by atomic mass is 32.2. The third-order valence-electron chi connectivity index (χ3n) is 4.60. The van der Waals surface area contributed by atoms with E-state index in [4.69, 9.17) is 9.47 Å². The Labute approximate surface area is 156 Å². The van der Waals surface area contributed by atoms with E-state index in [-0.39, 0.29) is 43.8 Å². The number of sulfonamides is 1. The van der Waals surface area contributed by atoms with Gasteiger partial charge in [-0.1, -0.05) is 0 Å². The van der Waals surface area contributed by atoms with E-state index in [1.165, 1.54) is 16.4 Å². The van der Waals surface area contributed by atoms with Gasteiger partial charge in [-0.2, -0.15) is 4.31 Å². The first kappa shape index (κ1) is 17.7. The molecule has 27 heavy (non-hydrogen) atoms. The number of halogens is 1. The van der Waals surface area contributed by atoms with E-state index in [9.17, 15) is 17.6 Å². The molecule has 1 saturated heterocycles. The van der Waals surface area contributed by atoms with Gasteiger partial charge in [0.05, 0.1) is 4.90 Å². The summed E-state index contributed by atoms with van der Waals surface area (Å²) in [4.78, 5) is 14.3. The van der Waals surface area contributed by atoms with Gasteiger partial charge in [0.15, 0.2) is 11.5 Å². The number of rotatable bonds is 3. The minimum atomic E-state index is -3.71. The summed E-state index contributed by atoms with van der Waals surface area (Å²) in [6, 6.07) is 9.71. The van der Waals surface area contributed by atoms with Crippen molar-refractivity contribution in [1.29, 1.82) is 0 Å². The standard InChI is InChI=1S/C18H17FN2O5S/c19-14-2-4-15(5-3-14)27(23,24)21-9-7-20(8-10-21)18(22)13-1-6-16-17(11-13)26-12-25-16/h1-6,11H,7-10,12H2. The van der Waals surface area contributed by atoms with Gasteiger partial charge in [-0.05, 0) is 42.5 Å². The van der Waals surface area contributed by atoms with Crippen molar-refractivity contribution >= 4 is 15.9 Å². The quantitative estimate of drug-likeness (QED) is 0.795. The van der Waals surface area contributed by atoms with Crippen LogP contribution in [0.2, 0.25) is 0 Å². The fourth-order valence-corrected chi connectivity index (χ4v) is 4.52. The summed E-state index contributed by atoms with van der Waals surface area (Å²) >= 11 is 0. The molecule has 0 aromatic heterocycles. The minimum Gasteiger partial charge on any atom is -0.454 e. The average molecular weight is 392 g/mol. The number of hydrogen-bond donors (Lipinski definition) is 0. The highest BCUT2D eigenvalue weighted by Crippen LogP contribution is 2.33. The summed E-state index contributed by atoms with van der Waals surface area (Å²) in [5.41, 5.74) is 0.467. The van der Waals surface area contributed by atoms with Gasteiger partial charge in [0.2, 0.25) is 16.8 Å². The van der Waals surface area contributed by atoms with Crippen molar-refractivity contribution in [2.24, 2.45) is 0 Å². The first-order valence-electron chi connectivity index (χ1n) is 8.40. The number of ether oxygens (including phenoxy) is 2. The van der Waals surface area contributed by atoms with Crippen LogP contribution in [-0.2, 0) is 10.0 Å². The van der Waals surface area contributed by atoms with E-state index in [0.29, 0.717) is 17.1 Å². The molecule has 2 aliphatic rings. The van der Waals surface area contributed by atoms with E-state index in [2.05, 4.69) is 0 Å². The third kappa shape index (κ3) is 3.35. The molecule has 142 valence electrons. The Kier molecular flexibility index (Phi) is 4.48. The predicted octanol–water partition coefficient (Wildman–Crippen LogP) is 1.70. The molecule has 2 aromatic carbocycles. The molecular formula is C18H17FN2O5S. The lowest BCUT2D eigenvalue weighted by molar-refractivity contribution is 0.0697. The van der Waals surface area contributed by atoms with Gasteiger partial charge in [-0.25, -0.2) is 12.8 Å². The molecule has 7 nitrogen and oxygen atoms in total. The molecule has 0 saturated carbocycles. The molecule has 9 heteroatoms. The van der Waals surface area contributed by atoms with Crippen molar-refractivity contribution in [2.45, 2.75) is 4.90 Å². The van der Waals surface area contributed by atoms with Crippen LogP contribution in [-0.4, -0.2) is 56.5 Å². The molecule has 0 atom stereocenters. The zero-order valence-corrected chi connectivity index (χ0v) is 15.1. The lowest BCUT2D eigenvalue weighted by atomic mass is 10.1. The Hall–Kier alpha value is -2.65. The molecule has 4 rings (SSSR count). The number of benzene rings is 2. The number of fused-ring (bicyclic) bond motifs is 1. The lowest BCUT2D eigenvalue weighted by Crippen LogP contribution is -2.50. The fourth-order valence-electron chi connectivity index (χ4n) is 3.10. The molecule has 1 amide bonds. The fraction of sp³-hybridized carbons (Fsp3) is 0.278. The predicted molar refractivity (Wildman–Crippen MR) is 93.6 cm³/mol. The smallest absolute Gasteiger partial charge is 0.254 e. The zero-order valence-electron chi connectivity index (χ0n) is 14.3. The Morgan fingerprint density at radius 2 is 1.59 bits per heavy atom. The van der Waals surface area contributed by atoms with Crippen LogP contribution in [0, 0.1) is 5.82 Å². The lowest BCUT2D eigenvalue weighted by Gasteiger charge is -2.34. The maximum Gasteiger partial charge on any atom is 0.254 e. The highest BCUT2D eigenvalue weighted by molar-refractivity contribution is 7.89. The summed E-state index contributed by atoms with van der Waals surface area (Å²) in [7, 11) is -3.71. The van der Waals surface area contributed by atoms with E-state index in [1.54, 1.807) is 23.1 Å². The van der Waals surface area contributed by atoms with E-state index < -0.39 is 15.8 Å². The number of carbonyl (C=O) groups excluding carboxylic acids is 1. The number of carbonyl (C=O) groups is 1. The monoisotopic (exact) mass is 392 g/mol. The number of hydrogen-bond acceptors (Lipinski definition) is 5. The van der Waals surface area contributed by atoms with Gasteiger partial charge >= 0.3 is 0 Å². The summed E-state index contributed by atoms with van der Waals surface area (Å²) in [6.07, 6.45) is 0. The van der Waals surface area contributed by atoms with Gasteiger partial charge in [0.1, 0.15) is 5.82 Å². The third-order valence-corrected chi connectivity index (χ3v) is 6.51. The largest absolute Gasteiger partial charge is 0.454 e. The van der Waals surface area contributed by atoms with Crippen molar-refractivity contribution in [1.82, 2.24) is 9.21 Å². The van der Waals surface area contributed by atoms with Crippen molar-refractivity contribution in [3.05, 3.63) is 53.8 Å². The SMILES string of the molecule is O=C(c1ccc2c(c1)OCO2)N1CCN(S(=O)(=O)c2ccc(F)cc2)CC1. The maximum atomic E-state index is 13.0. The first-order valence-corrected chi connectivity index (χ1v) is 9.84. The van der Waals surface area contributed by atoms with Crippen LogP contribution in [0.15, 0.2) is 47.4 Å². The molecule has 2 heterocycles. The van der Waals surface area contributed by atoms with Crippen molar-refractivity contribution in [2.75, 3.05) is 33.0 Å². The van der Waals surface area contributed by atoms with Crippen molar-refractivity contribution in [3.8, 4) is 11.5 Å². The average Bonchev–Trinajstić information content (AvgIpc) is 3.15. The second-order valence-corrected chi connectivity index (χ2v) is 8.16. The summed E-state index contributed by atoms with van der Waals surface area (Å²) in [5, 5.41) is 0. The minimum absolute atomic E-state index is 0.0412. The number of nitrogens with zero attached hydrogens (tertiary/aromatic N) is 2. The molecule has 0 spiro atoms. The zero-order chi connectivity index (χ0) is 19.0. The molecular weight excluding hydrogens is 375 g/mol. The summed E-state index contributed by atoms with van der Waals surface area (Å²) < 4.78 is 50.2.